The molecule has 0 aliphatic heterocycles. The van der Waals surface area contributed by atoms with Crippen molar-refractivity contribution in [3.63, 3.8) is 0 Å². The molecule has 0 bridgehead atoms. The number of H-pyrrole nitrogens is 1. The van der Waals surface area contributed by atoms with Crippen LogP contribution >= 0.6 is 11.3 Å². The number of nitrogens with zero attached hydrogens (tertiary/aromatic N) is 1. The van der Waals surface area contributed by atoms with E-state index in [1.807, 2.05) is 29.7 Å². The predicted octanol–water partition coefficient (Wildman–Crippen LogP) is 4.59. The smallest absolute Gasteiger partial charge is 0.200 e. The lowest BCUT2D eigenvalue weighted by Gasteiger charge is -2.16. The molecule has 5 heteroatoms. The molecule has 1 N–H and O–H groups in total. The van der Waals surface area contributed by atoms with Gasteiger partial charge in [-0.1, -0.05) is 18.2 Å². The van der Waals surface area contributed by atoms with Gasteiger partial charge in [-0.15, -0.1) is 11.3 Å². The van der Waals surface area contributed by atoms with Crippen LogP contribution in [0.2, 0.25) is 0 Å². The third-order valence-electron chi connectivity index (χ3n) is 4.04. The summed E-state index contributed by atoms with van der Waals surface area (Å²) in [5.41, 5.74) is 2.57. The molecule has 4 rings (SSSR count). The van der Waals surface area contributed by atoms with Crippen LogP contribution < -0.4 is 0 Å². The standard InChI is InChI=1S/C19H16N2O2S/c22-17(14-6-5-13-7-8-24-19(13)9-14)11-23-18-4-2-1-3-15(18)16-10-20-12-21-16/h3-10,12H,1-2,11H2,(H,20,21). The molecule has 1 aliphatic rings. The van der Waals surface area contributed by atoms with E-state index in [1.165, 1.54) is 0 Å². The largest absolute Gasteiger partial charge is 0.485 e. The fraction of sp³-hybridized carbons (Fsp3) is 0.158. The summed E-state index contributed by atoms with van der Waals surface area (Å²) in [7, 11) is 0. The van der Waals surface area contributed by atoms with E-state index in [2.05, 4.69) is 22.1 Å². The van der Waals surface area contributed by atoms with Crippen molar-refractivity contribution in [3.8, 4) is 0 Å². The van der Waals surface area contributed by atoms with Crippen molar-refractivity contribution in [1.82, 2.24) is 9.97 Å². The van der Waals surface area contributed by atoms with Crippen LogP contribution in [0.5, 0.6) is 0 Å². The van der Waals surface area contributed by atoms with Gasteiger partial charge in [-0.2, -0.15) is 0 Å². The number of ketones is 1. The summed E-state index contributed by atoms with van der Waals surface area (Å²) in [4.78, 5) is 19.6. The summed E-state index contributed by atoms with van der Waals surface area (Å²) >= 11 is 1.64. The number of hydrogen-bond donors (Lipinski definition) is 1. The Hall–Kier alpha value is -2.66. The number of thiophene rings is 1. The molecule has 0 fully saturated rings. The second-order valence-electron chi connectivity index (χ2n) is 5.61. The van der Waals surface area contributed by atoms with Crippen LogP contribution in [0.15, 0.2) is 60.1 Å². The van der Waals surface area contributed by atoms with Gasteiger partial charge in [0, 0.05) is 15.8 Å². The van der Waals surface area contributed by atoms with E-state index in [4.69, 9.17) is 4.74 Å². The Morgan fingerprint density at radius 2 is 2.17 bits per heavy atom. The zero-order valence-corrected chi connectivity index (χ0v) is 13.8. The minimum Gasteiger partial charge on any atom is -0.485 e. The van der Waals surface area contributed by atoms with Gasteiger partial charge >= 0.3 is 0 Å². The van der Waals surface area contributed by atoms with E-state index in [0.717, 1.165) is 40.0 Å². The Balaban J connectivity index is 1.48. The van der Waals surface area contributed by atoms with E-state index >= 15 is 0 Å². The van der Waals surface area contributed by atoms with Crippen molar-refractivity contribution >= 4 is 32.8 Å². The normalized spacial score (nSPS) is 14.3. The number of Topliss-reactive ketones (excluding diaryl/α,β-unsaturated/α-hetero) is 1. The summed E-state index contributed by atoms with van der Waals surface area (Å²) < 4.78 is 6.95. The van der Waals surface area contributed by atoms with Gasteiger partial charge in [-0.05, 0) is 41.8 Å². The van der Waals surface area contributed by atoms with Gasteiger partial charge in [-0.3, -0.25) is 4.79 Å². The first-order valence-electron chi connectivity index (χ1n) is 7.84. The molecule has 0 amide bonds. The van der Waals surface area contributed by atoms with Gasteiger partial charge in [0.2, 0.25) is 0 Å². The number of aromatic nitrogens is 2. The lowest BCUT2D eigenvalue weighted by atomic mass is 10.0. The Kier molecular flexibility index (Phi) is 4.01. The molecule has 3 aromatic rings. The zero-order chi connectivity index (χ0) is 16.4. The van der Waals surface area contributed by atoms with E-state index in [0.29, 0.717) is 5.56 Å². The summed E-state index contributed by atoms with van der Waals surface area (Å²) in [5.74, 6) is 0.733. The number of imidazole rings is 1. The summed E-state index contributed by atoms with van der Waals surface area (Å²) in [6.07, 6.45) is 9.44. The van der Waals surface area contributed by atoms with Crippen LogP contribution in [0.4, 0.5) is 0 Å². The molecule has 2 heterocycles. The molecule has 0 saturated carbocycles. The molecule has 0 radical (unpaired) electrons. The highest BCUT2D eigenvalue weighted by Gasteiger charge is 2.16. The first-order valence-corrected chi connectivity index (χ1v) is 8.72. The number of allylic oxidation sites excluding steroid dienone is 3. The highest BCUT2D eigenvalue weighted by Crippen LogP contribution is 2.28. The average molecular weight is 336 g/mol. The van der Waals surface area contributed by atoms with Crippen LogP contribution in [0.3, 0.4) is 0 Å². The third kappa shape index (κ3) is 2.90. The molecular formula is C19H16N2O2S. The van der Waals surface area contributed by atoms with Crippen molar-refractivity contribution in [2.75, 3.05) is 6.61 Å². The highest BCUT2D eigenvalue weighted by atomic mass is 32.1. The molecule has 24 heavy (non-hydrogen) atoms. The Labute approximate surface area is 143 Å². The van der Waals surface area contributed by atoms with Crippen molar-refractivity contribution < 1.29 is 9.53 Å². The molecule has 2 aromatic heterocycles. The third-order valence-corrected chi connectivity index (χ3v) is 4.92. The Morgan fingerprint density at radius 3 is 3.04 bits per heavy atom. The van der Waals surface area contributed by atoms with Gasteiger partial charge in [0.25, 0.3) is 0 Å². The quantitative estimate of drug-likeness (QED) is 0.694. The number of hydrogen-bond acceptors (Lipinski definition) is 4. The fourth-order valence-corrected chi connectivity index (χ4v) is 3.62. The van der Waals surface area contributed by atoms with Gasteiger partial charge < -0.3 is 9.72 Å². The molecular weight excluding hydrogens is 320 g/mol. The maximum Gasteiger partial charge on any atom is 0.200 e. The van der Waals surface area contributed by atoms with E-state index < -0.39 is 0 Å². The molecule has 1 aliphatic carbocycles. The maximum atomic E-state index is 12.5. The molecule has 0 saturated heterocycles. The number of aromatic amines is 1. The molecule has 120 valence electrons. The van der Waals surface area contributed by atoms with Crippen LogP contribution in [-0.4, -0.2) is 22.4 Å². The van der Waals surface area contributed by atoms with Gasteiger partial charge in [-0.25, -0.2) is 4.98 Å². The molecule has 0 atom stereocenters. The Morgan fingerprint density at radius 1 is 1.25 bits per heavy atom. The number of fused-ring (bicyclic) bond motifs is 1. The summed E-state index contributed by atoms with van der Waals surface area (Å²) in [6, 6.07) is 7.84. The number of nitrogens with one attached hydrogen (secondary N) is 1. The molecule has 0 unspecified atom stereocenters. The number of carbonyl (C=O) groups excluding carboxylic acids is 1. The minimum atomic E-state index is -0.0132. The topological polar surface area (TPSA) is 55.0 Å². The monoisotopic (exact) mass is 336 g/mol. The van der Waals surface area contributed by atoms with Crippen LogP contribution in [-0.2, 0) is 4.74 Å². The van der Waals surface area contributed by atoms with Crippen molar-refractivity contribution in [2.45, 2.75) is 12.8 Å². The SMILES string of the molecule is O=C(COC1=CCCC=C1c1cnc[nH]1)c1ccc2ccsc2c1. The van der Waals surface area contributed by atoms with Crippen LogP contribution in [0.1, 0.15) is 28.9 Å². The summed E-state index contributed by atoms with van der Waals surface area (Å²) in [6.45, 7) is 0.0359. The molecule has 4 nitrogen and oxygen atoms in total. The van der Waals surface area contributed by atoms with Crippen molar-refractivity contribution in [1.29, 1.82) is 0 Å². The zero-order valence-electron chi connectivity index (χ0n) is 13.0. The highest BCUT2D eigenvalue weighted by molar-refractivity contribution is 7.17. The second kappa shape index (κ2) is 6.45. The van der Waals surface area contributed by atoms with E-state index in [-0.39, 0.29) is 12.4 Å². The predicted molar refractivity (Wildman–Crippen MR) is 96.0 cm³/mol. The van der Waals surface area contributed by atoms with Gasteiger partial charge in [0.1, 0.15) is 5.76 Å². The average Bonchev–Trinajstić information content (AvgIpc) is 3.30. The fourth-order valence-electron chi connectivity index (χ4n) is 2.79. The number of rotatable bonds is 5. The molecule has 0 spiro atoms. The number of benzene rings is 1. The Bertz CT molecular complexity index is 935. The van der Waals surface area contributed by atoms with E-state index in [9.17, 15) is 4.79 Å². The van der Waals surface area contributed by atoms with E-state index in [1.54, 1.807) is 23.9 Å². The summed E-state index contributed by atoms with van der Waals surface area (Å²) in [5, 5.41) is 3.20. The second-order valence-corrected chi connectivity index (χ2v) is 6.56. The van der Waals surface area contributed by atoms with Crippen molar-refractivity contribution in [2.24, 2.45) is 0 Å². The number of carbonyl (C=O) groups is 1. The lowest BCUT2D eigenvalue weighted by molar-refractivity contribution is 0.0872. The number of ether oxygens (including phenoxy) is 1. The van der Waals surface area contributed by atoms with Crippen LogP contribution in [0.25, 0.3) is 15.7 Å². The van der Waals surface area contributed by atoms with Gasteiger partial charge in [0.15, 0.2) is 12.4 Å². The maximum absolute atomic E-state index is 12.5. The first-order chi connectivity index (χ1) is 11.8. The molecule has 1 aromatic carbocycles. The lowest BCUT2D eigenvalue weighted by Crippen LogP contribution is -2.10. The first kappa shape index (κ1) is 14.9. The van der Waals surface area contributed by atoms with Gasteiger partial charge in [0.05, 0.1) is 18.2 Å². The minimum absolute atomic E-state index is 0.0132. The van der Waals surface area contributed by atoms with Crippen molar-refractivity contribution in [3.05, 3.63) is 71.3 Å². The van der Waals surface area contributed by atoms with Crippen LogP contribution in [0, 0.1) is 0 Å².